The third-order valence-electron chi connectivity index (χ3n) is 3.82. The minimum atomic E-state index is -0.199. The van der Waals surface area contributed by atoms with E-state index in [-0.39, 0.29) is 17.9 Å². The molecular formula is C17H28N2O. The zero-order valence-corrected chi connectivity index (χ0v) is 13.5. The van der Waals surface area contributed by atoms with Crippen molar-refractivity contribution in [2.24, 2.45) is 11.7 Å². The fourth-order valence-electron chi connectivity index (χ4n) is 2.17. The number of carbonyl (C=O) groups excluding carboxylic acids is 1. The molecule has 0 aliphatic rings. The average Bonchev–Trinajstić information content (AvgIpc) is 2.37. The van der Waals surface area contributed by atoms with Gasteiger partial charge in [0.05, 0.1) is 5.92 Å². The van der Waals surface area contributed by atoms with Crippen molar-refractivity contribution in [3.8, 4) is 0 Å². The number of benzene rings is 1. The van der Waals surface area contributed by atoms with Crippen molar-refractivity contribution >= 4 is 11.6 Å². The van der Waals surface area contributed by atoms with E-state index in [2.05, 4.69) is 51.2 Å². The van der Waals surface area contributed by atoms with E-state index in [1.54, 1.807) is 0 Å². The Kier molecular flexibility index (Phi) is 5.75. The average molecular weight is 276 g/mol. The number of nitrogens with one attached hydrogen (secondary N) is 1. The second kappa shape index (κ2) is 6.89. The van der Waals surface area contributed by atoms with Crippen LogP contribution in [0.2, 0.25) is 0 Å². The quantitative estimate of drug-likeness (QED) is 0.858. The molecule has 0 saturated heterocycles. The lowest BCUT2D eigenvalue weighted by atomic mass is 9.92. The van der Waals surface area contributed by atoms with Gasteiger partial charge in [0.15, 0.2) is 0 Å². The summed E-state index contributed by atoms with van der Waals surface area (Å²) in [6.45, 7) is 12.3. The molecule has 1 amide bonds. The molecule has 3 N–H and O–H groups in total. The van der Waals surface area contributed by atoms with Crippen molar-refractivity contribution in [1.82, 2.24) is 0 Å². The van der Waals surface area contributed by atoms with Crippen LogP contribution in [0.1, 0.15) is 64.5 Å². The normalized spacial score (nSPS) is 14.4. The molecule has 1 rings (SSSR count). The monoisotopic (exact) mass is 276 g/mol. The van der Waals surface area contributed by atoms with Crippen LogP contribution in [0.5, 0.6) is 0 Å². The summed E-state index contributed by atoms with van der Waals surface area (Å²) in [5.74, 6) is 0.537. The summed E-state index contributed by atoms with van der Waals surface area (Å²) in [6, 6.07) is 6.09. The molecule has 1 aromatic carbocycles. The van der Waals surface area contributed by atoms with Crippen LogP contribution in [0.15, 0.2) is 18.2 Å². The van der Waals surface area contributed by atoms with E-state index in [1.165, 1.54) is 11.1 Å². The van der Waals surface area contributed by atoms with E-state index in [4.69, 9.17) is 5.73 Å². The number of hydrogen-bond acceptors (Lipinski definition) is 2. The van der Waals surface area contributed by atoms with Crippen molar-refractivity contribution < 1.29 is 4.79 Å². The van der Waals surface area contributed by atoms with E-state index in [9.17, 15) is 4.79 Å². The fourth-order valence-corrected chi connectivity index (χ4v) is 2.17. The number of nitrogens with two attached hydrogens (primary N) is 1. The molecule has 0 saturated carbocycles. The molecule has 0 aromatic heterocycles. The summed E-state index contributed by atoms with van der Waals surface area (Å²) in [6.07, 6.45) is 0. The molecule has 0 aliphatic heterocycles. The highest BCUT2D eigenvalue weighted by Crippen LogP contribution is 2.32. The molecular weight excluding hydrogens is 248 g/mol. The van der Waals surface area contributed by atoms with Gasteiger partial charge in [0.25, 0.3) is 0 Å². The number of anilines is 1. The van der Waals surface area contributed by atoms with Crippen LogP contribution in [0.3, 0.4) is 0 Å². The summed E-state index contributed by atoms with van der Waals surface area (Å²) in [7, 11) is 0. The van der Waals surface area contributed by atoms with Crippen molar-refractivity contribution in [3.05, 3.63) is 29.3 Å². The molecule has 112 valence electrons. The van der Waals surface area contributed by atoms with Gasteiger partial charge < -0.3 is 11.1 Å². The Labute approximate surface area is 122 Å². The Morgan fingerprint density at radius 3 is 1.80 bits per heavy atom. The van der Waals surface area contributed by atoms with Crippen molar-refractivity contribution in [3.63, 3.8) is 0 Å². The summed E-state index contributed by atoms with van der Waals surface area (Å²) in [5, 5.41) is 3.10. The number of hydrogen-bond donors (Lipinski definition) is 2. The highest BCUT2D eigenvalue weighted by Gasteiger charge is 2.21. The van der Waals surface area contributed by atoms with Gasteiger partial charge in [-0.1, -0.05) is 52.8 Å². The second-order valence-electron chi connectivity index (χ2n) is 6.26. The van der Waals surface area contributed by atoms with Crippen LogP contribution >= 0.6 is 0 Å². The van der Waals surface area contributed by atoms with E-state index in [1.807, 2.05) is 13.8 Å². The lowest BCUT2D eigenvalue weighted by molar-refractivity contribution is -0.119. The number of rotatable bonds is 5. The van der Waals surface area contributed by atoms with E-state index < -0.39 is 0 Å². The molecule has 3 heteroatoms. The number of para-hydroxylation sites is 1. The maximum absolute atomic E-state index is 12.3. The molecule has 0 spiro atoms. The minimum absolute atomic E-state index is 0.00463. The third kappa shape index (κ3) is 3.83. The van der Waals surface area contributed by atoms with E-state index in [0.29, 0.717) is 11.8 Å². The Bertz CT molecular complexity index is 438. The fraction of sp³-hybridized carbons (Fsp3) is 0.588. The van der Waals surface area contributed by atoms with Crippen LogP contribution < -0.4 is 11.1 Å². The summed E-state index contributed by atoms with van der Waals surface area (Å²) < 4.78 is 0. The smallest absolute Gasteiger partial charge is 0.228 e. The van der Waals surface area contributed by atoms with Crippen molar-refractivity contribution in [2.45, 2.75) is 59.4 Å². The van der Waals surface area contributed by atoms with Crippen LogP contribution in [-0.2, 0) is 4.79 Å². The third-order valence-corrected chi connectivity index (χ3v) is 3.82. The SMILES string of the molecule is CC(C)c1cccc(C(C)C)c1NC(=O)C(C)C(C)N. The maximum atomic E-state index is 12.3. The van der Waals surface area contributed by atoms with Crippen LogP contribution in [0, 0.1) is 5.92 Å². The summed E-state index contributed by atoms with van der Waals surface area (Å²) >= 11 is 0. The van der Waals surface area contributed by atoms with Crippen LogP contribution in [-0.4, -0.2) is 11.9 Å². The van der Waals surface area contributed by atoms with Crippen molar-refractivity contribution in [2.75, 3.05) is 5.32 Å². The molecule has 0 heterocycles. The predicted octanol–water partition coefficient (Wildman–Crippen LogP) is 3.86. The second-order valence-corrected chi connectivity index (χ2v) is 6.26. The summed E-state index contributed by atoms with van der Waals surface area (Å²) in [4.78, 5) is 12.3. The lowest BCUT2D eigenvalue weighted by Crippen LogP contribution is -2.34. The molecule has 2 unspecified atom stereocenters. The van der Waals surface area contributed by atoms with Gasteiger partial charge >= 0.3 is 0 Å². The van der Waals surface area contributed by atoms with Gasteiger partial charge in [-0.05, 0) is 29.9 Å². The maximum Gasteiger partial charge on any atom is 0.228 e. The molecule has 0 fully saturated rings. The van der Waals surface area contributed by atoms with Crippen LogP contribution in [0.4, 0.5) is 5.69 Å². The highest BCUT2D eigenvalue weighted by atomic mass is 16.1. The highest BCUT2D eigenvalue weighted by molar-refractivity contribution is 5.94. The molecule has 0 radical (unpaired) electrons. The predicted molar refractivity (Wildman–Crippen MR) is 86.1 cm³/mol. The zero-order valence-electron chi connectivity index (χ0n) is 13.5. The van der Waals surface area contributed by atoms with Gasteiger partial charge in [0.2, 0.25) is 5.91 Å². The molecule has 0 aliphatic carbocycles. The minimum Gasteiger partial charge on any atom is -0.327 e. The topological polar surface area (TPSA) is 55.1 Å². The van der Waals surface area contributed by atoms with Crippen molar-refractivity contribution in [1.29, 1.82) is 0 Å². The Morgan fingerprint density at radius 2 is 1.45 bits per heavy atom. The van der Waals surface area contributed by atoms with Gasteiger partial charge in [-0.2, -0.15) is 0 Å². The first-order chi connectivity index (χ1) is 9.25. The molecule has 1 aromatic rings. The Hall–Kier alpha value is -1.35. The first-order valence-electron chi connectivity index (χ1n) is 7.44. The van der Waals surface area contributed by atoms with Gasteiger partial charge in [0.1, 0.15) is 0 Å². The first-order valence-corrected chi connectivity index (χ1v) is 7.44. The van der Waals surface area contributed by atoms with Gasteiger partial charge in [-0.3, -0.25) is 4.79 Å². The standard InChI is InChI=1S/C17H28N2O/c1-10(2)14-8-7-9-15(11(3)4)16(14)19-17(20)12(5)13(6)18/h7-13H,18H2,1-6H3,(H,19,20). The van der Waals surface area contributed by atoms with E-state index >= 15 is 0 Å². The Balaban J connectivity index is 3.17. The van der Waals surface area contributed by atoms with Gasteiger partial charge in [-0.25, -0.2) is 0 Å². The van der Waals surface area contributed by atoms with E-state index in [0.717, 1.165) is 5.69 Å². The summed E-state index contributed by atoms with van der Waals surface area (Å²) in [5.41, 5.74) is 9.16. The van der Waals surface area contributed by atoms with Crippen LogP contribution in [0.25, 0.3) is 0 Å². The molecule has 20 heavy (non-hydrogen) atoms. The Morgan fingerprint density at radius 1 is 1.00 bits per heavy atom. The molecule has 2 atom stereocenters. The zero-order chi connectivity index (χ0) is 15.4. The van der Waals surface area contributed by atoms with Gasteiger partial charge in [-0.15, -0.1) is 0 Å². The first kappa shape index (κ1) is 16.7. The largest absolute Gasteiger partial charge is 0.327 e. The molecule has 0 bridgehead atoms. The number of amides is 1. The molecule has 3 nitrogen and oxygen atoms in total. The number of carbonyl (C=O) groups is 1. The van der Waals surface area contributed by atoms with Gasteiger partial charge in [0, 0.05) is 11.7 Å². The lowest BCUT2D eigenvalue weighted by Gasteiger charge is -2.22.